The second kappa shape index (κ2) is 5.83. The number of nitrogens with zero attached hydrogens (tertiary/aromatic N) is 3. The Hall–Kier alpha value is -1.70. The van der Waals surface area contributed by atoms with E-state index in [4.69, 9.17) is 0 Å². The lowest BCUT2D eigenvalue weighted by Gasteiger charge is -2.42. The first kappa shape index (κ1) is 16.7. The standard InChI is InChI=1S/C14H21N3O4S/c1-4-14(5-2)10-16(6-7-22(14,20)21)13-11(3)8-12(9-15-13)17(18)19/h8-9H,4-7,10H2,1-3H3. The van der Waals surface area contributed by atoms with Crippen LogP contribution in [0.5, 0.6) is 0 Å². The third kappa shape index (κ3) is 2.67. The Balaban J connectivity index is 2.37. The fourth-order valence-electron chi connectivity index (χ4n) is 3.05. The summed E-state index contributed by atoms with van der Waals surface area (Å²) in [6.07, 6.45) is 2.33. The quantitative estimate of drug-likeness (QED) is 0.621. The summed E-state index contributed by atoms with van der Waals surface area (Å²) in [4.78, 5) is 16.4. The number of nitro groups is 1. The molecular weight excluding hydrogens is 306 g/mol. The average molecular weight is 327 g/mol. The zero-order chi connectivity index (χ0) is 16.5. The van der Waals surface area contributed by atoms with Crippen molar-refractivity contribution in [1.82, 2.24) is 4.98 Å². The molecule has 0 amide bonds. The predicted octanol–water partition coefficient (Wildman–Crippen LogP) is 2.09. The molecule has 7 nitrogen and oxygen atoms in total. The monoisotopic (exact) mass is 327 g/mol. The summed E-state index contributed by atoms with van der Waals surface area (Å²) >= 11 is 0. The van der Waals surface area contributed by atoms with Crippen LogP contribution in [0.3, 0.4) is 0 Å². The van der Waals surface area contributed by atoms with E-state index in [9.17, 15) is 18.5 Å². The molecule has 0 N–H and O–H groups in total. The molecule has 0 bridgehead atoms. The first-order valence-corrected chi connectivity index (χ1v) is 9.00. The van der Waals surface area contributed by atoms with E-state index in [2.05, 4.69) is 4.98 Å². The molecule has 8 heteroatoms. The van der Waals surface area contributed by atoms with Gasteiger partial charge in [-0.3, -0.25) is 10.1 Å². The van der Waals surface area contributed by atoms with E-state index in [0.717, 1.165) is 0 Å². The molecule has 0 aliphatic carbocycles. The van der Waals surface area contributed by atoms with Crippen molar-refractivity contribution in [3.05, 3.63) is 27.9 Å². The summed E-state index contributed by atoms with van der Waals surface area (Å²) in [6.45, 7) is 6.29. The van der Waals surface area contributed by atoms with E-state index < -0.39 is 19.5 Å². The highest BCUT2D eigenvalue weighted by Crippen LogP contribution is 2.34. The Morgan fingerprint density at radius 1 is 1.41 bits per heavy atom. The van der Waals surface area contributed by atoms with Crippen molar-refractivity contribution >= 4 is 21.3 Å². The molecule has 0 aromatic carbocycles. The van der Waals surface area contributed by atoms with Crippen molar-refractivity contribution in [3.63, 3.8) is 0 Å². The lowest BCUT2D eigenvalue weighted by atomic mass is 10.0. The molecule has 122 valence electrons. The number of anilines is 1. The number of aromatic nitrogens is 1. The summed E-state index contributed by atoms with van der Waals surface area (Å²) in [5.74, 6) is 0.721. The molecule has 0 atom stereocenters. The second-order valence-corrected chi connectivity index (χ2v) is 8.23. The normalized spacial score (nSPS) is 19.9. The Labute approximate surface area is 130 Å². The average Bonchev–Trinajstić information content (AvgIpc) is 2.47. The van der Waals surface area contributed by atoms with Crippen molar-refractivity contribution in [1.29, 1.82) is 0 Å². The Kier molecular flexibility index (Phi) is 4.42. The van der Waals surface area contributed by atoms with Gasteiger partial charge < -0.3 is 4.90 Å². The van der Waals surface area contributed by atoms with E-state index in [1.807, 2.05) is 18.7 Å². The summed E-state index contributed by atoms with van der Waals surface area (Å²) in [5, 5.41) is 10.8. The summed E-state index contributed by atoms with van der Waals surface area (Å²) in [7, 11) is -3.14. The van der Waals surface area contributed by atoms with E-state index in [-0.39, 0.29) is 11.4 Å². The number of rotatable bonds is 4. The minimum Gasteiger partial charge on any atom is -0.354 e. The van der Waals surface area contributed by atoms with Crippen LogP contribution in [0.1, 0.15) is 32.3 Å². The molecule has 1 aliphatic rings. The van der Waals surface area contributed by atoms with Crippen molar-refractivity contribution in [3.8, 4) is 0 Å². The molecule has 1 aromatic rings. The summed E-state index contributed by atoms with van der Waals surface area (Å²) < 4.78 is 24.1. The minimum atomic E-state index is -3.14. The highest BCUT2D eigenvalue weighted by Gasteiger charge is 2.45. The van der Waals surface area contributed by atoms with Crippen molar-refractivity contribution in [2.24, 2.45) is 0 Å². The number of hydrogen-bond donors (Lipinski definition) is 0. The zero-order valence-electron chi connectivity index (χ0n) is 13.1. The molecule has 1 saturated heterocycles. The van der Waals surface area contributed by atoms with Crippen LogP contribution in [-0.2, 0) is 9.84 Å². The first-order chi connectivity index (χ1) is 10.3. The molecule has 0 spiro atoms. The summed E-state index contributed by atoms with van der Waals surface area (Å²) in [5.41, 5.74) is 0.637. The van der Waals surface area contributed by atoms with Crippen LogP contribution in [-0.4, -0.2) is 41.9 Å². The molecule has 1 fully saturated rings. The molecule has 2 rings (SSSR count). The van der Waals surface area contributed by atoms with Gasteiger partial charge in [-0.15, -0.1) is 0 Å². The fraction of sp³-hybridized carbons (Fsp3) is 0.643. The van der Waals surface area contributed by atoms with Gasteiger partial charge in [0.05, 0.1) is 15.4 Å². The number of aryl methyl sites for hydroxylation is 1. The van der Waals surface area contributed by atoms with Gasteiger partial charge in [-0.05, 0) is 25.3 Å². The Morgan fingerprint density at radius 3 is 2.55 bits per heavy atom. The molecule has 2 heterocycles. The lowest BCUT2D eigenvalue weighted by Crippen LogP contribution is -2.56. The van der Waals surface area contributed by atoms with Gasteiger partial charge >= 0.3 is 0 Å². The van der Waals surface area contributed by atoms with Crippen molar-refractivity contribution < 1.29 is 13.3 Å². The van der Waals surface area contributed by atoms with Crippen molar-refractivity contribution in [2.75, 3.05) is 23.7 Å². The van der Waals surface area contributed by atoms with E-state index in [0.29, 0.717) is 37.3 Å². The fourth-order valence-corrected chi connectivity index (χ4v) is 5.18. The van der Waals surface area contributed by atoms with Crippen LogP contribution in [0.4, 0.5) is 11.5 Å². The van der Waals surface area contributed by atoms with Crippen LogP contribution in [0.25, 0.3) is 0 Å². The van der Waals surface area contributed by atoms with Crippen LogP contribution in [0, 0.1) is 17.0 Å². The van der Waals surface area contributed by atoms with Gasteiger partial charge in [0.25, 0.3) is 5.69 Å². The number of sulfone groups is 1. The van der Waals surface area contributed by atoms with Gasteiger partial charge in [0.15, 0.2) is 9.84 Å². The molecule has 1 aromatic heterocycles. The zero-order valence-corrected chi connectivity index (χ0v) is 13.9. The second-order valence-electron chi connectivity index (χ2n) is 5.72. The smallest absolute Gasteiger partial charge is 0.287 e. The SMILES string of the molecule is CCC1(CC)CN(c2ncc([N+](=O)[O-])cc2C)CCS1(=O)=O. The Bertz CT molecular complexity index is 683. The van der Waals surface area contributed by atoms with Gasteiger partial charge in [-0.2, -0.15) is 0 Å². The third-order valence-electron chi connectivity index (χ3n) is 4.60. The van der Waals surface area contributed by atoms with Crippen LogP contribution >= 0.6 is 0 Å². The number of pyridine rings is 1. The highest BCUT2D eigenvalue weighted by molar-refractivity contribution is 7.92. The van der Waals surface area contributed by atoms with Gasteiger partial charge in [0.1, 0.15) is 12.0 Å². The maximum absolute atomic E-state index is 12.4. The van der Waals surface area contributed by atoms with Crippen molar-refractivity contribution in [2.45, 2.75) is 38.4 Å². The maximum Gasteiger partial charge on any atom is 0.287 e. The van der Waals surface area contributed by atoms with Crippen LogP contribution < -0.4 is 4.90 Å². The first-order valence-electron chi connectivity index (χ1n) is 7.34. The maximum atomic E-state index is 12.4. The predicted molar refractivity (Wildman–Crippen MR) is 84.9 cm³/mol. The van der Waals surface area contributed by atoms with Gasteiger partial charge in [0, 0.05) is 19.2 Å². The molecule has 0 radical (unpaired) electrons. The van der Waals surface area contributed by atoms with Gasteiger partial charge in [0.2, 0.25) is 0 Å². The van der Waals surface area contributed by atoms with Crippen LogP contribution in [0.2, 0.25) is 0 Å². The molecule has 1 aliphatic heterocycles. The van der Waals surface area contributed by atoms with Crippen LogP contribution in [0.15, 0.2) is 12.3 Å². The van der Waals surface area contributed by atoms with E-state index in [1.165, 1.54) is 12.3 Å². The number of hydrogen-bond acceptors (Lipinski definition) is 6. The van der Waals surface area contributed by atoms with E-state index >= 15 is 0 Å². The summed E-state index contributed by atoms with van der Waals surface area (Å²) in [6, 6.07) is 1.48. The minimum absolute atomic E-state index is 0.0527. The van der Waals surface area contributed by atoms with Gasteiger partial charge in [-0.1, -0.05) is 13.8 Å². The molecular formula is C14H21N3O4S. The molecule has 22 heavy (non-hydrogen) atoms. The lowest BCUT2D eigenvalue weighted by molar-refractivity contribution is -0.385. The largest absolute Gasteiger partial charge is 0.354 e. The van der Waals surface area contributed by atoms with Gasteiger partial charge in [-0.25, -0.2) is 13.4 Å². The highest BCUT2D eigenvalue weighted by atomic mass is 32.2. The van der Waals surface area contributed by atoms with E-state index in [1.54, 1.807) is 6.92 Å². The molecule has 0 unspecified atom stereocenters. The molecule has 0 saturated carbocycles. The third-order valence-corrected chi connectivity index (χ3v) is 7.35. The Morgan fingerprint density at radius 2 is 2.05 bits per heavy atom. The topological polar surface area (TPSA) is 93.4 Å².